The van der Waals surface area contributed by atoms with E-state index in [-0.39, 0.29) is 22.7 Å². The van der Waals surface area contributed by atoms with Gasteiger partial charge in [0.25, 0.3) is 11.8 Å². The number of carbonyl (C=O) groups is 2. The van der Waals surface area contributed by atoms with Crippen LogP contribution in [-0.2, 0) is 19.6 Å². The zero-order valence-electron chi connectivity index (χ0n) is 18.8. The fraction of sp³-hybridized carbons (Fsp3) is 0.280. The van der Waals surface area contributed by atoms with E-state index in [1.807, 2.05) is 32.0 Å². The van der Waals surface area contributed by atoms with Gasteiger partial charge in [0, 0.05) is 25.3 Å². The van der Waals surface area contributed by atoms with E-state index in [9.17, 15) is 18.0 Å². The third kappa shape index (κ3) is 4.24. The van der Waals surface area contributed by atoms with E-state index in [4.69, 9.17) is 0 Å². The molecule has 2 aromatic carbocycles. The summed E-state index contributed by atoms with van der Waals surface area (Å²) in [6.07, 6.45) is 3.19. The van der Waals surface area contributed by atoms with E-state index in [2.05, 4.69) is 11.9 Å². The normalized spacial score (nSPS) is 17.2. The minimum Gasteiger partial charge on any atom is -0.350 e. The van der Waals surface area contributed by atoms with Crippen molar-refractivity contribution in [2.45, 2.75) is 31.6 Å². The van der Waals surface area contributed by atoms with E-state index < -0.39 is 21.8 Å². The number of nitrogens with one attached hydrogen (secondary N) is 1. The molecule has 2 aliphatic heterocycles. The number of amides is 2. The first-order valence-electron chi connectivity index (χ1n) is 10.9. The van der Waals surface area contributed by atoms with Crippen LogP contribution in [-0.4, -0.2) is 49.1 Å². The minimum atomic E-state index is -3.61. The van der Waals surface area contributed by atoms with Crippen molar-refractivity contribution in [1.29, 1.82) is 0 Å². The topological polar surface area (TPSA) is 86.8 Å². The lowest BCUT2D eigenvalue weighted by molar-refractivity contribution is -0.136. The second-order valence-electron chi connectivity index (χ2n) is 8.32. The number of nitrogens with zero attached hydrogens (tertiary/aromatic N) is 2. The molecule has 7 nitrogen and oxygen atoms in total. The zero-order valence-corrected chi connectivity index (χ0v) is 19.6. The number of aryl methyl sites for hydroxylation is 2. The summed E-state index contributed by atoms with van der Waals surface area (Å²) in [6, 6.07) is 12.0. The number of imide groups is 1. The summed E-state index contributed by atoms with van der Waals surface area (Å²) >= 11 is 0. The number of hydrogen-bond donors (Lipinski definition) is 1. The van der Waals surface area contributed by atoms with Gasteiger partial charge >= 0.3 is 0 Å². The van der Waals surface area contributed by atoms with Gasteiger partial charge in [-0.3, -0.25) is 14.5 Å². The molecule has 2 amide bonds. The van der Waals surface area contributed by atoms with Crippen molar-refractivity contribution in [1.82, 2.24) is 9.21 Å². The molecule has 8 heteroatoms. The van der Waals surface area contributed by atoms with Crippen molar-refractivity contribution in [3.05, 3.63) is 77.5 Å². The molecular formula is C25H27N3O4S. The minimum absolute atomic E-state index is 0.0839. The van der Waals surface area contributed by atoms with Crippen molar-refractivity contribution < 1.29 is 18.0 Å². The molecule has 33 heavy (non-hydrogen) atoms. The number of benzene rings is 2. The summed E-state index contributed by atoms with van der Waals surface area (Å²) in [5.41, 5.74) is 3.52. The first kappa shape index (κ1) is 22.9. The van der Waals surface area contributed by atoms with Gasteiger partial charge in [-0.2, -0.15) is 4.31 Å². The molecule has 172 valence electrons. The van der Waals surface area contributed by atoms with Gasteiger partial charge < -0.3 is 5.32 Å². The van der Waals surface area contributed by atoms with E-state index >= 15 is 0 Å². The first-order chi connectivity index (χ1) is 15.7. The van der Waals surface area contributed by atoms with Crippen LogP contribution in [0.5, 0.6) is 0 Å². The average molecular weight is 466 g/mol. The van der Waals surface area contributed by atoms with Gasteiger partial charge in [-0.05, 0) is 61.6 Å². The Bertz CT molecular complexity index is 1270. The van der Waals surface area contributed by atoms with Gasteiger partial charge in [0.1, 0.15) is 5.70 Å². The molecule has 2 aromatic rings. The quantitative estimate of drug-likeness (QED) is 0.500. The Labute approximate surface area is 194 Å². The summed E-state index contributed by atoms with van der Waals surface area (Å²) < 4.78 is 27.4. The lowest BCUT2D eigenvalue weighted by Gasteiger charge is -2.17. The summed E-state index contributed by atoms with van der Waals surface area (Å²) in [7, 11) is -3.61. The first-order valence-corrected chi connectivity index (χ1v) is 12.3. The van der Waals surface area contributed by atoms with Gasteiger partial charge in [-0.15, -0.1) is 6.58 Å². The van der Waals surface area contributed by atoms with Crippen molar-refractivity contribution in [2.24, 2.45) is 0 Å². The average Bonchev–Trinajstić information content (AvgIpc) is 3.41. The van der Waals surface area contributed by atoms with Crippen molar-refractivity contribution in [2.75, 3.05) is 25.0 Å². The third-order valence-electron chi connectivity index (χ3n) is 6.08. The second kappa shape index (κ2) is 8.96. The molecule has 0 atom stereocenters. The van der Waals surface area contributed by atoms with Crippen LogP contribution in [0.15, 0.2) is 65.7 Å². The van der Waals surface area contributed by atoms with Crippen molar-refractivity contribution in [3.63, 3.8) is 0 Å². The molecule has 2 aliphatic rings. The highest BCUT2D eigenvalue weighted by Crippen LogP contribution is 2.32. The van der Waals surface area contributed by atoms with Gasteiger partial charge in [0.05, 0.1) is 10.5 Å². The lowest BCUT2D eigenvalue weighted by atomic mass is 9.99. The monoisotopic (exact) mass is 465 g/mol. The zero-order chi connectivity index (χ0) is 23.8. The summed E-state index contributed by atoms with van der Waals surface area (Å²) in [4.78, 5) is 27.6. The van der Waals surface area contributed by atoms with E-state index in [1.165, 1.54) is 16.4 Å². The Kier molecular flexibility index (Phi) is 6.23. The fourth-order valence-corrected chi connectivity index (χ4v) is 5.67. The molecule has 0 aliphatic carbocycles. The Hall–Kier alpha value is -3.23. The van der Waals surface area contributed by atoms with E-state index in [0.29, 0.717) is 24.3 Å². The lowest BCUT2D eigenvalue weighted by Crippen LogP contribution is -2.32. The molecule has 1 fully saturated rings. The van der Waals surface area contributed by atoms with Crippen molar-refractivity contribution in [3.8, 4) is 0 Å². The highest BCUT2D eigenvalue weighted by Gasteiger charge is 2.38. The number of anilines is 1. The van der Waals surface area contributed by atoms with Crippen LogP contribution in [0.1, 0.15) is 29.5 Å². The fourth-order valence-electron chi connectivity index (χ4n) is 4.11. The summed E-state index contributed by atoms with van der Waals surface area (Å²) in [6.45, 7) is 8.66. The predicted molar refractivity (Wildman–Crippen MR) is 128 cm³/mol. The molecule has 2 heterocycles. The molecular weight excluding hydrogens is 438 g/mol. The maximum absolute atomic E-state index is 13.2. The molecule has 0 unspecified atom stereocenters. The molecule has 1 saturated heterocycles. The molecule has 1 N–H and O–H groups in total. The maximum Gasteiger partial charge on any atom is 0.278 e. The molecule has 0 spiro atoms. The molecule has 4 rings (SSSR count). The number of carbonyl (C=O) groups excluding carboxylic acids is 2. The van der Waals surface area contributed by atoms with Crippen molar-refractivity contribution >= 4 is 33.1 Å². The molecule has 0 radical (unpaired) electrons. The van der Waals surface area contributed by atoms with Gasteiger partial charge in [0.2, 0.25) is 10.0 Å². The number of sulfonamides is 1. The maximum atomic E-state index is 13.2. The summed E-state index contributed by atoms with van der Waals surface area (Å²) in [5, 5.41) is 3.05. The van der Waals surface area contributed by atoms with Gasteiger partial charge in [0.15, 0.2) is 0 Å². The molecule has 0 aromatic heterocycles. The van der Waals surface area contributed by atoms with Crippen LogP contribution in [0.25, 0.3) is 5.57 Å². The van der Waals surface area contributed by atoms with Crippen LogP contribution in [0.2, 0.25) is 0 Å². The van der Waals surface area contributed by atoms with E-state index in [0.717, 1.165) is 28.9 Å². The van der Waals surface area contributed by atoms with Crippen LogP contribution in [0, 0.1) is 13.8 Å². The predicted octanol–water partition coefficient (Wildman–Crippen LogP) is 3.47. The largest absolute Gasteiger partial charge is 0.350 e. The van der Waals surface area contributed by atoms with Gasteiger partial charge in [-0.25, -0.2) is 8.42 Å². The third-order valence-corrected chi connectivity index (χ3v) is 7.98. The van der Waals surface area contributed by atoms with Crippen LogP contribution in [0.4, 0.5) is 5.69 Å². The highest BCUT2D eigenvalue weighted by molar-refractivity contribution is 7.89. The summed E-state index contributed by atoms with van der Waals surface area (Å²) in [5.74, 6) is -0.882. The Morgan fingerprint density at radius 1 is 1.00 bits per heavy atom. The van der Waals surface area contributed by atoms with Gasteiger partial charge in [-0.1, -0.05) is 30.3 Å². The van der Waals surface area contributed by atoms with E-state index in [1.54, 1.807) is 18.2 Å². The Morgan fingerprint density at radius 3 is 2.39 bits per heavy atom. The SMILES string of the molecule is C=CCN1C(=O)C(Nc2cccc(S(=O)(=O)N3CCCC3)c2)=C(c2ccc(C)c(C)c2)C1=O. The second-order valence-corrected chi connectivity index (χ2v) is 10.3. The van der Waals surface area contributed by atoms with Crippen LogP contribution >= 0.6 is 0 Å². The standard InChI is InChI=1S/C25H27N3O4S/c1-4-12-28-24(29)22(19-11-10-17(2)18(3)15-19)23(25(28)30)26-20-8-7-9-21(16-20)33(31,32)27-13-5-6-14-27/h4,7-11,15-16,26H,1,5-6,12-14H2,2-3H3. The Balaban J connectivity index is 1.75. The van der Waals surface area contributed by atoms with Crippen LogP contribution in [0.3, 0.4) is 0 Å². The highest BCUT2D eigenvalue weighted by atomic mass is 32.2. The number of rotatable bonds is 7. The Morgan fingerprint density at radius 2 is 1.73 bits per heavy atom. The number of hydrogen-bond acceptors (Lipinski definition) is 5. The molecule has 0 bridgehead atoms. The van der Waals surface area contributed by atoms with Crippen LogP contribution < -0.4 is 5.32 Å². The molecule has 0 saturated carbocycles. The smallest absolute Gasteiger partial charge is 0.278 e.